The Hall–Kier alpha value is -2.75. The van der Waals surface area contributed by atoms with Crippen LogP contribution in [-0.4, -0.2) is 39.4 Å². The van der Waals surface area contributed by atoms with Gasteiger partial charge in [0, 0.05) is 18.8 Å². The number of halogens is 3. The van der Waals surface area contributed by atoms with Gasteiger partial charge in [0.05, 0.1) is 23.1 Å². The molecular weight excluding hydrogens is 433 g/mol. The van der Waals surface area contributed by atoms with E-state index in [4.69, 9.17) is 4.74 Å². The fourth-order valence-electron chi connectivity index (χ4n) is 3.41. The van der Waals surface area contributed by atoms with E-state index in [1.807, 2.05) is 0 Å². The second-order valence-corrected chi connectivity index (χ2v) is 8.93. The monoisotopic (exact) mass is 456 g/mol. The highest BCUT2D eigenvalue weighted by Gasteiger charge is 2.30. The van der Waals surface area contributed by atoms with Crippen LogP contribution in [0.5, 0.6) is 5.75 Å². The molecule has 168 valence electrons. The molecule has 2 aromatic rings. The van der Waals surface area contributed by atoms with Crippen molar-refractivity contribution in [3.05, 3.63) is 53.6 Å². The predicted octanol–water partition coefficient (Wildman–Crippen LogP) is 4.53. The Morgan fingerprint density at radius 1 is 1.00 bits per heavy atom. The number of rotatable bonds is 5. The summed E-state index contributed by atoms with van der Waals surface area (Å²) in [5.74, 6) is -0.0620. The minimum absolute atomic E-state index is 0.0239. The van der Waals surface area contributed by atoms with E-state index in [9.17, 15) is 26.4 Å². The standard InChI is InChI=1S/C21H23F3N2O4S/c1-30-19-11-10-17(14-18(19)20(27)26-12-4-2-3-5-13-26)31(28,29)25-16-8-6-15(7-9-16)21(22,23)24/h6-11,14,25H,2-5,12-13H2,1H3. The van der Waals surface area contributed by atoms with Gasteiger partial charge in [0.15, 0.2) is 0 Å². The van der Waals surface area contributed by atoms with Crippen molar-refractivity contribution in [1.82, 2.24) is 4.90 Å². The summed E-state index contributed by atoms with van der Waals surface area (Å²) in [4.78, 5) is 14.5. The molecule has 1 aliphatic rings. The number of ether oxygens (including phenoxy) is 1. The highest BCUT2D eigenvalue weighted by molar-refractivity contribution is 7.92. The molecule has 0 bridgehead atoms. The van der Waals surface area contributed by atoms with Crippen LogP contribution in [0.2, 0.25) is 0 Å². The Balaban J connectivity index is 1.87. The van der Waals surface area contributed by atoms with Crippen LogP contribution in [0.3, 0.4) is 0 Å². The van der Waals surface area contributed by atoms with E-state index in [2.05, 4.69) is 4.72 Å². The van der Waals surface area contributed by atoms with Crippen LogP contribution >= 0.6 is 0 Å². The Labute approximate surface area is 179 Å². The molecule has 3 rings (SSSR count). The van der Waals surface area contributed by atoms with Crippen molar-refractivity contribution < 1.29 is 31.1 Å². The largest absolute Gasteiger partial charge is 0.496 e. The summed E-state index contributed by atoms with van der Waals surface area (Å²) in [6, 6.07) is 7.57. The van der Waals surface area contributed by atoms with E-state index in [0.29, 0.717) is 13.1 Å². The SMILES string of the molecule is COc1ccc(S(=O)(=O)Nc2ccc(C(F)(F)F)cc2)cc1C(=O)N1CCCCCC1. The van der Waals surface area contributed by atoms with Crippen molar-refractivity contribution in [2.24, 2.45) is 0 Å². The number of nitrogens with one attached hydrogen (secondary N) is 1. The molecule has 1 N–H and O–H groups in total. The first kappa shape index (κ1) is 22.9. The van der Waals surface area contributed by atoms with E-state index in [0.717, 1.165) is 49.9 Å². The van der Waals surface area contributed by atoms with Gasteiger partial charge in [-0.15, -0.1) is 0 Å². The molecule has 10 heteroatoms. The Bertz CT molecular complexity index is 1030. The number of carbonyl (C=O) groups excluding carboxylic acids is 1. The molecule has 0 radical (unpaired) electrons. The molecule has 1 aliphatic heterocycles. The van der Waals surface area contributed by atoms with Crippen LogP contribution in [0, 0.1) is 0 Å². The predicted molar refractivity (Wildman–Crippen MR) is 110 cm³/mol. The normalized spacial score (nSPS) is 15.3. The molecule has 0 unspecified atom stereocenters. The lowest BCUT2D eigenvalue weighted by molar-refractivity contribution is -0.137. The van der Waals surface area contributed by atoms with Crippen molar-refractivity contribution in [3.63, 3.8) is 0 Å². The molecule has 0 atom stereocenters. The maximum atomic E-state index is 13.0. The third-order valence-electron chi connectivity index (χ3n) is 5.07. The third-order valence-corrected chi connectivity index (χ3v) is 6.45. The fraction of sp³-hybridized carbons (Fsp3) is 0.381. The van der Waals surface area contributed by atoms with Crippen molar-refractivity contribution >= 4 is 21.6 Å². The summed E-state index contributed by atoms with van der Waals surface area (Å²) in [7, 11) is -2.75. The first-order chi connectivity index (χ1) is 14.6. The minimum Gasteiger partial charge on any atom is -0.496 e. The van der Waals surface area contributed by atoms with E-state index in [1.54, 1.807) is 4.90 Å². The number of nitrogens with zero attached hydrogens (tertiary/aromatic N) is 1. The molecule has 0 aliphatic carbocycles. The van der Waals surface area contributed by atoms with Crippen LogP contribution in [0.4, 0.5) is 18.9 Å². The number of hydrogen-bond donors (Lipinski definition) is 1. The Kier molecular flexibility index (Phi) is 6.78. The summed E-state index contributed by atoms with van der Waals surface area (Å²) < 4.78 is 71.2. The second-order valence-electron chi connectivity index (χ2n) is 7.25. The van der Waals surface area contributed by atoms with Crippen LogP contribution in [0.15, 0.2) is 47.4 Å². The smallest absolute Gasteiger partial charge is 0.416 e. The summed E-state index contributed by atoms with van der Waals surface area (Å²) in [6.07, 6.45) is -0.697. The number of carbonyl (C=O) groups is 1. The molecule has 31 heavy (non-hydrogen) atoms. The van der Waals surface area contributed by atoms with Gasteiger partial charge in [0.2, 0.25) is 0 Å². The number of anilines is 1. The number of sulfonamides is 1. The number of likely N-dealkylation sites (tertiary alicyclic amines) is 1. The molecular formula is C21H23F3N2O4S. The van der Waals surface area contributed by atoms with Gasteiger partial charge < -0.3 is 9.64 Å². The highest BCUT2D eigenvalue weighted by atomic mass is 32.2. The minimum atomic E-state index is -4.52. The lowest BCUT2D eigenvalue weighted by Gasteiger charge is -2.22. The van der Waals surface area contributed by atoms with E-state index < -0.39 is 21.8 Å². The second kappa shape index (κ2) is 9.17. The molecule has 1 saturated heterocycles. The number of methoxy groups -OCH3 is 1. The first-order valence-electron chi connectivity index (χ1n) is 9.79. The molecule has 1 heterocycles. The van der Waals surface area contributed by atoms with Crippen LogP contribution in [0.1, 0.15) is 41.6 Å². The fourth-order valence-corrected chi connectivity index (χ4v) is 4.49. The number of hydrogen-bond acceptors (Lipinski definition) is 4. The molecule has 1 fully saturated rings. The van der Waals surface area contributed by atoms with Crippen molar-refractivity contribution in [2.45, 2.75) is 36.8 Å². The van der Waals surface area contributed by atoms with Gasteiger partial charge in [-0.2, -0.15) is 13.2 Å². The molecule has 6 nitrogen and oxygen atoms in total. The summed E-state index contributed by atoms with van der Waals surface area (Å²) >= 11 is 0. The number of benzene rings is 2. The van der Waals surface area contributed by atoms with Gasteiger partial charge in [-0.3, -0.25) is 9.52 Å². The van der Waals surface area contributed by atoms with Crippen LogP contribution in [0.25, 0.3) is 0 Å². The maximum absolute atomic E-state index is 13.0. The summed E-state index contributed by atoms with van der Waals surface area (Å²) in [6.45, 7) is 1.17. The lowest BCUT2D eigenvalue weighted by atomic mass is 10.1. The quantitative estimate of drug-likeness (QED) is 0.717. The van der Waals surface area contributed by atoms with Gasteiger partial charge in [-0.1, -0.05) is 12.8 Å². The van der Waals surface area contributed by atoms with Crippen molar-refractivity contribution in [2.75, 3.05) is 24.9 Å². The summed E-state index contributed by atoms with van der Waals surface area (Å²) in [5.41, 5.74) is -0.783. The average Bonchev–Trinajstić information content (AvgIpc) is 3.02. The summed E-state index contributed by atoms with van der Waals surface area (Å²) in [5, 5.41) is 0. The van der Waals surface area contributed by atoms with Crippen LogP contribution in [-0.2, 0) is 16.2 Å². The zero-order chi connectivity index (χ0) is 22.6. The molecule has 0 spiro atoms. The van der Waals surface area contributed by atoms with Gasteiger partial charge >= 0.3 is 6.18 Å². The molecule has 0 aromatic heterocycles. The maximum Gasteiger partial charge on any atom is 0.416 e. The number of alkyl halides is 3. The number of amides is 1. The lowest BCUT2D eigenvalue weighted by Crippen LogP contribution is -2.32. The first-order valence-corrected chi connectivity index (χ1v) is 11.3. The zero-order valence-corrected chi connectivity index (χ0v) is 17.7. The van der Waals surface area contributed by atoms with Gasteiger partial charge in [-0.05, 0) is 55.3 Å². The molecule has 0 saturated carbocycles. The van der Waals surface area contributed by atoms with E-state index in [1.165, 1.54) is 25.3 Å². The third kappa shape index (κ3) is 5.49. The van der Waals surface area contributed by atoms with Crippen molar-refractivity contribution in [3.8, 4) is 5.75 Å². The van der Waals surface area contributed by atoms with Gasteiger partial charge in [0.25, 0.3) is 15.9 Å². The van der Waals surface area contributed by atoms with Crippen molar-refractivity contribution in [1.29, 1.82) is 0 Å². The van der Waals surface area contributed by atoms with E-state index in [-0.39, 0.29) is 27.8 Å². The van der Waals surface area contributed by atoms with Crippen LogP contribution < -0.4 is 9.46 Å². The van der Waals surface area contributed by atoms with Gasteiger partial charge in [0.1, 0.15) is 5.75 Å². The Morgan fingerprint density at radius 3 is 2.16 bits per heavy atom. The molecule has 1 amide bonds. The van der Waals surface area contributed by atoms with E-state index >= 15 is 0 Å². The molecule has 2 aromatic carbocycles. The topological polar surface area (TPSA) is 75.7 Å². The average molecular weight is 456 g/mol. The zero-order valence-electron chi connectivity index (χ0n) is 16.9. The highest BCUT2D eigenvalue weighted by Crippen LogP contribution is 2.31. The Morgan fingerprint density at radius 2 is 1.61 bits per heavy atom. The van der Waals surface area contributed by atoms with Gasteiger partial charge in [-0.25, -0.2) is 8.42 Å².